The second-order valence-corrected chi connectivity index (χ2v) is 3.82. The van der Waals surface area contributed by atoms with Crippen molar-refractivity contribution in [1.82, 2.24) is 9.78 Å². The van der Waals surface area contributed by atoms with Crippen LogP contribution in [0.3, 0.4) is 0 Å². The Morgan fingerprint density at radius 2 is 2.28 bits per heavy atom. The minimum Gasteiger partial charge on any atom is -0.465 e. The molecule has 0 bridgehead atoms. The smallest absolute Gasteiger partial charge is 0.337 e. The van der Waals surface area contributed by atoms with Gasteiger partial charge in [-0.1, -0.05) is 0 Å². The maximum atomic E-state index is 11.4. The molecule has 0 radical (unpaired) electrons. The first-order valence-corrected chi connectivity index (χ1v) is 5.33. The first-order chi connectivity index (χ1) is 8.60. The molecule has 94 valence electrons. The van der Waals surface area contributed by atoms with Crippen LogP contribution in [0.1, 0.15) is 10.4 Å². The zero-order valence-electron chi connectivity index (χ0n) is 10.2. The number of rotatable bonds is 3. The van der Waals surface area contributed by atoms with Crippen molar-refractivity contribution >= 4 is 23.0 Å². The maximum Gasteiger partial charge on any atom is 0.337 e. The number of nitrogens with zero attached hydrogens (tertiary/aromatic N) is 2. The van der Waals surface area contributed by atoms with Crippen molar-refractivity contribution < 1.29 is 9.53 Å². The van der Waals surface area contributed by atoms with Crippen LogP contribution in [0, 0.1) is 0 Å². The number of nitrogens with one attached hydrogen (secondary N) is 1. The van der Waals surface area contributed by atoms with E-state index in [1.165, 1.54) is 7.11 Å². The van der Waals surface area contributed by atoms with Gasteiger partial charge in [0.25, 0.3) is 0 Å². The van der Waals surface area contributed by atoms with Gasteiger partial charge in [0.1, 0.15) is 0 Å². The Bertz CT molecular complexity index is 577. The standard InChI is InChI=1S/C12H14N4O2/c1-16-7-9(6-14-16)15-11-5-8(12(17)18-2)3-4-10(11)13/h3-7,15H,13H2,1-2H3. The van der Waals surface area contributed by atoms with Crippen LogP contribution in [0.25, 0.3) is 0 Å². The molecule has 3 N–H and O–H groups in total. The SMILES string of the molecule is COC(=O)c1ccc(N)c(Nc2cnn(C)c2)c1. The second kappa shape index (κ2) is 4.79. The van der Waals surface area contributed by atoms with Crippen molar-refractivity contribution in [2.24, 2.45) is 7.05 Å². The Kier molecular flexibility index (Phi) is 3.18. The molecule has 0 aliphatic rings. The minimum absolute atomic E-state index is 0.399. The number of carbonyl (C=O) groups excluding carboxylic acids is 1. The normalized spacial score (nSPS) is 10.1. The van der Waals surface area contributed by atoms with Crippen LogP contribution in [0.5, 0.6) is 0 Å². The fraction of sp³-hybridized carbons (Fsp3) is 0.167. The predicted octanol–water partition coefficient (Wildman–Crippen LogP) is 1.53. The van der Waals surface area contributed by atoms with E-state index in [-0.39, 0.29) is 0 Å². The predicted molar refractivity (Wildman–Crippen MR) is 68.7 cm³/mol. The third kappa shape index (κ3) is 2.42. The number of nitrogen functional groups attached to an aromatic ring is 1. The second-order valence-electron chi connectivity index (χ2n) is 3.82. The molecule has 2 aromatic rings. The number of hydrogen-bond donors (Lipinski definition) is 2. The summed E-state index contributed by atoms with van der Waals surface area (Å²) < 4.78 is 6.33. The largest absolute Gasteiger partial charge is 0.465 e. The Morgan fingerprint density at radius 3 is 2.89 bits per heavy atom. The summed E-state index contributed by atoms with van der Waals surface area (Å²) in [4.78, 5) is 11.4. The molecular formula is C12H14N4O2. The molecule has 0 aliphatic heterocycles. The van der Waals surface area contributed by atoms with E-state index in [0.29, 0.717) is 16.9 Å². The number of hydrogen-bond acceptors (Lipinski definition) is 5. The third-order valence-corrected chi connectivity index (χ3v) is 2.46. The summed E-state index contributed by atoms with van der Waals surface area (Å²) in [5.74, 6) is -0.399. The summed E-state index contributed by atoms with van der Waals surface area (Å²) in [7, 11) is 3.16. The van der Waals surface area contributed by atoms with Gasteiger partial charge in [0.15, 0.2) is 0 Å². The molecule has 0 saturated carbocycles. The first-order valence-electron chi connectivity index (χ1n) is 5.33. The number of esters is 1. The van der Waals surface area contributed by atoms with Gasteiger partial charge < -0.3 is 15.8 Å². The maximum absolute atomic E-state index is 11.4. The van der Waals surface area contributed by atoms with Crippen molar-refractivity contribution in [2.45, 2.75) is 0 Å². The highest BCUT2D eigenvalue weighted by molar-refractivity contribution is 5.92. The van der Waals surface area contributed by atoms with E-state index in [2.05, 4.69) is 15.2 Å². The fourth-order valence-electron chi connectivity index (χ4n) is 1.55. The Morgan fingerprint density at radius 1 is 1.50 bits per heavy atom. The summed E-state index contributed by atoms with van der Waals surface area (Å²) in [6.07, 6.45) is 3.48. The highest BCUT2D eigenvalue weighted by Crippen LogP contribution is 2.24. The van der Waals surface area contributed by atoms with E-state index in [4.69, 9.17) is 5.73 Å². The highest BCUT2D eigenvalue weighted by atomic mass is 16.5. The number of methoxy groups -OCH3 is 1. The van der Waals surface area contributed by atoms with E-state index < -0.39 is 5.97 Å². The number of benzene rings is 1. The lowest BCUT2D eigenvalue weighted by Gasteiger charge is -2.08. The molecule has 6 heteroatoms. The molecule has 0 amide bonds. The first kappa shape index (κ1) is 12.0. The molecule has 0 spiro atoms. The zero-order valence-corrected chi connectivity index (χ0v) is 10.2. The lowest BCUT2D eigenvalue weighted by atomic mass is 10.1. The van der Waals surface area contributed by atoms with Crippen LogP contribution in [0.4, 0.5) is 17.1 Å². The molecule has 1 heterocycles. The van der Waals surface area contributed by atoms with Gasteiger partial charge in [-0.3, -0.25) is 4.68 Å². The number of aromatic nitrogens is 2. The summed E-state index contributed by atoms with van der Waals surface area (Å²) in [5, 5.41) is 7.13. The number of anilines is 3. The molecule has 1 aromatic heterocycles. The average Bonchev–Trinajstić information content (AvgIpc) is 2.76. The van der Waals surface area contributed by atoms with Crippen LogP contribution in [-0.4, -0.2) is 22.9 Å². The van der Waals surface area contributed by atoms with Gasteiger partial charge >= 0.3 is 5.97 Å². The molecule has 0 unspecified atom stereocenters. The molecular weight excluding hydrogens is 232 g/mol. The van der Waals surface area contributed by atoms with Gasteiger partial charge in [-0.25, -0.2) is 4.79 Å². The van der Waals surface area contributed by atoms with Crippen molar-refractivity contribution in [3.63, 3.8) is 0 Å². The molecule has 0 atom stereocenters. The number of nitrogens with two attached hydrogens (primary N) is 1. The van der Waals surface area contributed by atoms with Crippen LogP contribution in [0.2, 0.25) is 0 Å². The minimum atomic E-state index is -0.399. The molecule has 2 rings (SSSR count). The summed E-state index contributed by atoms with van der Waals surface area (Å²) in [5.41, 5.74) is 8.28. The van der Waals surface area contributed by atoms with Crippen molar-refractivity contribution in [2.75, 3.05) is 18.2 Å². The zero-order chi connectivity index (χ0) is 13.1. The molecule has 0 fully saturated rings. The molecule has 6 nitrogen and oxygen atoms in total. The lowest BCUT2D eigenvalue weighted by Crippen LogP contribution is -2.03. The Labute approximate surface area is 104 Å². The van der Waals surface area contributed by atoms with E-state index in [1.807, 2.05) is 13.2 Å². The van der Waals surface area contributed by atoms with Crippen molar-refractivity contribution in [3.8, 4) is 0 Å². The number of aryl methyl sites for hydroxylation is 1. The van der Waals surface area contributed by atoms with Gasteiger partial charge in [0.2, 0.25) is 0 Å². The van der Waals surface area contributed by atoms with E-state index in [9.17, 15) is 4.79 Å². The van der Waals surface area contributed by atoms with Crippen LogP contribution in [0.15, 0.2) is 30.6 Å². The topological polar surface area (TPSA) is 82.2 Å². The van der Waals surface area contributed by atoms with Gasteiger partial charge in [-0.05, 0) is 18.2 Å². The van der Waals surface area contributed by atoms with Gasteiger partial charge in [0.05, 0.1) is 35.9 Å². The average molecular weight is 246 g/mol. The van der Waals surface area contributed by atoms with E-state index in [1.54, 1.807) is 29.1 Å². The van der Waals surface area contributed by atoms with E-state index in [0.717, 1.165) is 5.69 Å². The quantitative estimate of drug-likeness (QED) is 0.634. The number of carbonyl (C=O) groups is 1. The van der Waals surface area contributed by atoms with Gasteiger partial charge in [-0.2, -0.15) is 5.10 Å². The number of ether oxygens (including phenoxy) is 1. The van der Waals surface area contributed by atoms with Crippen LogP contribution >= 0.6 is 0 Å². The fourth-order valence-corrected chi connectivity index (χ4v) is 1.55. The molecule has 0 saturated heterocycles. The van der Waals surface area contributed by atoms with Gasteiger partial charge in [-0.15, -0.1) is 0 Å². The molecule has 18 heavy (non-hydrogen) atoms. The monoisotopic (exact) mass is 246 g/mol. The summed E-state index contributed by atoms with van der Waals surface area (Å²) >= 11 is 0. The summed E-state index contributed by atoms with van der Waals surface area (Å²) in [6, 6.07) is 4.93. The highest BCUT2D eigenvalue weighted by Gasteiger charge is 2.09. The Hall–Kier alpha value is -2.50. The third-order valence-electron chi connectivity index (χ3n) is 2.46. The van der Waals surface area contributed by atoms with Gasteiger partial charge in [0, 0.05) is 13.2 Å². The van der Waals surface area contributed by atoms with Crippen LogP contribution < -0.4 is 11.1 Å². The van der Waals surface area contributed by atoms with Crippen molar-refractivity contribution in [1.29, 1.82) is 0 Å². The summed E-state index contributed by atoms with van der Waals surface area (Å²) in [6.45, 7) is 0. The Balaban J connectivity index is 2.29. The van der Waals surface area contributed by atoms with E-state index >= 15 is 0 Å². The molecule has 0 aliphatic carbocycles. The van der Waals surface area contributed by atoms with Crippen LogP contribution in [-0.2, 0) is 11.8 Å². The lowest BCUT2D eigenvalue weighted by molar-refractivity contribution is 0.0601. The molecule has 1 aromatic carbocycles. The van der Waals surface area contributed by atoms with Crippen molar-refractivity contribution in [3.05, 3.63) is 36.2 Å².